The molecule has 0 N–H and O–H groups in total. The molecule has 1 aromatic carbocycles. The molecule has 0 saturated carbocycles. The lowest BCUT2D eigenvalue weighted by atomic mass is 10.2. The fourth-order valence-electron chi connectivity index (χ4n) is 3.06. The first kappa shape index (κ1) is 15.2. The van der Waals surface area contributed by atoms with Crippen LogP contribution >= 0.6 is 0 Å². The number of fused-ring (bicyclic) bond motifs is 1. The van der Waals surface area contributed by atoms with Crippen LogP contribution in [-0.2, 0) is 17.8 Å². The molecule has 3 aromatic rings. The Bertz CT molecular complexity index is 819. The number of benzene rings is 1. The molecule has 1 aliphatic rings. The van der Waals surface area contributed by atoms with Gasteiger partial charge in [-0.25, -0.2) is 15.0 Å². The zero-order valence-electron chi connectivity index (χ0n) is 13.7. The normalized spacial score (nSPS) is 19.0. The van der Waals surface area contributed by atoms with E-state index in [1.54, 1.807) is 12.7 Å². The van der Waals surface area contributed by atoms with Gasteiger partial charge in [0.2, 0.25) is 0 Å². The predicted octanol–water partition coefficient (Wildman–Crippen LogP) is 1.43. The van der Waals surface area contributed by atoms with Crippen molar-refractivity contribution in [3.63, 3.8) is 0 Å². The summed E-state index contributed by atoms with van der Waals surface area (Å²) in [5.41, 5.74) is 3.93. The van der Waals surface area contributed by atoms with Gasteiger partial charge in [-0.1, -0.05) is 12.1 Å². The van der Waals surface area contributed by atoms with Crippen LogP contribution in [0.25, 0.3) is 11.0 Å². The lowest BCUT2D eigenvalue weighted by Gasteiger charge is -2.32. The summed E-state index contributed by atoms with van der Waals surface area (Å²) < 4.78 is 7.67. The van der Waals surface area contributed by atoms with Crippen LogP contribution in [0, 0.1) is 6.92 Å². The SMILES string of the molecule is Cc1nc2ccccc2nc1CN1CCOC(Cn2cncn2)C1. The number of morpholine rings is 1. The summed E-state index contributed by atoms with van der Waals surface area (Å²) in [7, 11) is 0. The van der Waals surface area contributed by atoms with Gasteiger partial charge in [0.1, 0.15) is 12.7 Å². The maximum atomic E-state index is 5.85. The van der Waals surface area contributed by atoms with Gasteiger partial charge in [0, 0.05) is 19.6 Å². The second-order valence-corrected chi connectivity index (χ2v) is 6.09. The molecule has 0 radical (unpaired) electrons. The Kier molecular flexibility index (Phi) is 4.18. The van der Waals surface area contributed by atoms with Gasteiger partial charge in [0.05, 0.1) is 41.7 Å². The second-order valence-electron chi connectivity index (χ2n) is 6.09. The average molecular weight is 324 g/mol. The molecule has 1 aliphatic heterocycles. The number of nitrogens with zero attached hydrogens (tertiary/aromatic N) is 6. The Morgan fingerprint density at radius 1 is 1.21 bits per heavy atom. The van der Waals surface area contributed by atoms with Gasteiger partial charge in [0.25, 0.3) is 0 Å². The van der Waals surface area contributed by atoms with Gasteiger partial charge in [-0.2, -0.15) is 5.10 Å². The Balaban J connectivity index is 1.47. The summed E-state index contributed by atoms with van der Waals surface area (Å²) >= 11 is 0. The Hall–Kier alpha value is -2.38. The van der Waals surface area contributed by atoms with Crippen LogP contribution in [-0.4, -0.2) is 55.4 Å². The van der Waals surface area contributed by atoms with Crippen molar-refractivity contribution in [3.8, 4) is 0 Å². The number of aryl methyl sites for hydroxylation is 1. The van der Waals surface area contributed by atoms with Crippen LogP contribution in [0.1, 0.15) is 11.4 Å². The van der Waals surface area contributed by atoms with Gasteiger partial charge in [-0.15, -0.1) is 0 Å². The van der Waals surface area contributed by atoms with E-state index in [1.807, 2.05) is 35.9 Å². The molecule has 3 heterocycles. The number of para-hydroxylation sites is 2. The fourth-order valence-corrected chi connectivity index (χ4v) is 3.06. The maximum Gasteiger partial charge on any atom is 0.137 e. The lowest BCUT2D eigenvalue weighted by Crippen LogP contribution is -2.44. The molecular formula is C17H20N6O. The van der Waals surface area contributed by atoms with Crippen LogP contribution in [0.3, 0.4) is 0 Å². The van der Waals surface area contributed by atoms with Crippen molar-refractivity contribution in [3.05, 3.63) is 48.3 Å². The predicted molar refractivity (Wildman–Crippen MR) is 89.3 cm³/mol. The third-order valence-electron chi connectivity index (χ3n) is 4.30. The molecule has 24 heavy (non-hydrogen) atoms. The standard InChI is InChI=1S/C17H20N6O/c1-13-17(21-16-5-3-2-4-15(16)20-13)10-22-6-7-24-14(8-22)9-23-12-18-11-19-23/h2-5,11-12,14H,6-10H2,1H3. The molecule has 0 bridgehead atoms. The van der Waals surface area contributed by atoms with Crippen molar-refractivity contribution in [2.24, 2.45) is 0 Å². The van der Waals surface area contributed by atoms with Crippen molar-refractivity contribution in [1.82, 2.24) is 29.6 Å². The Morgan fingerprint density at radius 2 is 2.04 bits per heavy atom. The van der Waals surface area contributed by atoms with Crippen LogP contribution < -0.4 is 0 Å². The van der Waals surface area contributed by atoms with Crippen LogP contribution in [0.5, 0.6) is 0 Å². The van der Waals surface area contributed by atoms with Crippen molar-refractivity contribution >= 4 is 11.0 Å². The van der Waals surface area contributed by atoms with Crippen molar-refractivity contribution in [1.29, 1.82) is 0 Å². The van der Waals surface area contributed by atoms with E-state index in [-0.39, 0.29) is 6.10 Å². The molecule has 4 rings (SSSR count). The van der Waals surface area contributed by atoms with E-state index in [9.17, 15) is 0 Å². The first-order chi connectivity index (χ1) is 11.8. The molecular weight excluding hydrogens is 304 g/mol. The largest absolute Gasteiger partial charge is 0.374 e. The van der Waals surface area contributed by atoms with Crippen LogP contribution in [0.2, 0.25) is 0 Å². The topological polar surface area (TPSA) is 69.0 Å². The highest BCUT2D eigenvalue weighted by atomic mass is 16.5. The van der Waals surface area contributed by atoms with E-state index < -0.39 is 0 Å². The van der Waals surface area contributed by atoms with Crippen molar-refractivity contribution < 1.29 is 4.74 Å². The molecule has 0 aliphatic carbocycles. The highest BCUT2D eigenvalue weighted by Crippen LogP contribution is 2.16. The van der Waals surface area contributed by atoms with E-state index in [4.69, 9.17) is 9.72 Å². The van der Waals surface area contributed by atoms with E-state index in [1.165, 1.54) is 0 Å². The minimum Gasteiger partial charge on any atom is -0.374 e. The lowest BCUT2D eigenvalue weighted by molar-refractivity contribution is -0.0406. The van der Waals surface area contributed by atoms with E-state index in [0.717, 1.165) is 55.2 Å². The first-order valence-electron chi connectivity index (χ1n) is 8.16. The molecule has 2 aromatic heterocycles. The average Bonchev–Trinajstić information content (AvgIpc) is 3.09. The number of rotatable bonds is 4. The summed E-state index contributed by atoms with van der Waals surface area (Å²) in [5.74, 6) is 0. The number of aromatic nitrogens is 5. The van der Waals surface area contributed by atoms with Gasteiger partial charge >= 0.3 is 0 Å². The van der Waals surface area contributed by atoms with Crippen molar-refractivity contribution in [2.45, 2.75) is 26.1 Å². The van der Waals surface area contributed by atoms with Gasteiger partial charge in [0.15, 0.2) is 0 Å². The molecule has 1 atom stereocenters. The number of hydrogen-bond donors (Lipinski definition) is 0. The highest BCUT2D eigenvalue weighted by Gasteiger charge is 2.22. The van der Waals surface area contributed by atoms with E-state index in [0.29, 0.717) is 0 Å². The minimum atomic E-state index is 0.120. The first-order valence-corrected chi connectivity index (χ1v) is 8.16. The molecule has 1 fully saturated rings. The third kappa shape index (κ3) is 3.27. The summed E-state index contributed by atoms with van der Waals surface area (Å²) in [6, 6.07) is 8.01. The van der Waals surface area contributed by atoms with Crippen LogP contribution in [0.15, 0.2) is 36.9 Å². The van der Waals surface area contributed by atoms with Gasteiger partial charge in [-0.05, 0) is 19.1 Å². The summed E-state index contributed by atoms with van der Waals surface area (Å²) in [5, 5.41) is 4.15. The van der Waals surface area contributed by atoms with E-state index >= 15 is 0 Å². The van der Waals surface area contributed by atoms with Crippen molar-refractivity contribution in [2.75, 3.05) is 19.7 Å². The summed E-state index contributed by atoms with van der Waals surface area (Å²) in [6.07, 6.45) is 3.39. The van der Waals surface area contributed by atoms with Crippen LogP contribution in [0.4, 0.5) is 0 Å². The zero-order chi connectivity index (χ0) is 16.4. The molecule has 0 spiro atoms. The molecule has 1 saturated heterocycles. The van der Waals surface area contributed by atoms with Gasteiger partial charge in [-0.3, -0.25) is 9.58 Å². The molecule has 1 unspecified atom stereocenters. The number of ether oxygens (including phenoxy) is 1. The maximum absolute atomic E-state index is 5.85. The van der Waals surface area contributed by atoms with Gasteiger partial charge < -0.3 is 4.74 Å². The zero-order valence-corrected chi connectivity index (χ0v) is 13.7. The minimum absolute atomic E-state index is 0.120. The quantitative estimate of drug-likeness (QED) is 0.723. The molecule has 7 heteroatoms. The molecule has 7 nitrogen and oxygen atoms in total. The summed E-state index contributed by atoms with van der Waals surface area (Å²) in [4.78, 5) is 15.8. The molecule has 124 valence electrons. The Morgan fingerprint density at radius 3 is 2.83 bits per heavy atom. The fraction of sp³-hybridized carbons (Fsp3) is 0.412. The smallest absolute Gasteiger partial charge is 0.137 e. The highest BCUT2D eigenvalue weighted by molar-refractivity contribution is 5.74. The van der Waals surface area contributed by atoms with E-state index in [2.05, 4.69) is 20.0 Å². The Labute approximate surface area is 140 Å². The monoisotopic (exact) mass is 324 g/mol. The second kappa shape index (κ2) is 6.62. The molecule has 0 amide bonds. The summed E-state index contributed by atoms with van der Waals surface area (Å²) in [6.45, 7) is 6.02. The number of hydrogen-bond acceptors (Lipinski definition) is 6. The third-order valence-corrected chi connectivity index (χ3v) is 4.30.